The van der Waals surface area contributed by atoms with Gasteiger partial charge in [-0.25, -0.2) is 0 Å². The molecule has 106 valence electrons. The fourth-order valence-electron chi connectivity index (χ4n) is 2.01. The molecule has 2 aromatic rings. The van der Waals surface area contributed by atoms with Crippen LogP contribution in [-0.2, 0) is 4.74 Å². The lowest BCUT2D eigenvalue weighted by molar-refractivity contribution is 0.0509. The van der Waals surface area contributed by atoms with Gasteiger partial charge in [0.05, 0.1) is 0 Å². The SMILES string of the molecule is C#Cc1ccc(OCOC)c(C(=C)c2ccc(C)cc2)c1. The van der Waals surface area contributed by atoms with Gasteiger partial charge in [-0.1, -0.05) is 42.3 Å². The van der Waals surface area contributed by atoms with E-state index in [0.29, 0.717) is 5.75 Å². The van der Waals surface area contributed by atoms with Gasteiger partial charge in [-0.15, -0.1) is 6.42 Å². The monoisotopic (exact) mass is 278 g/mol. The number of methoxy groups -OCH3 is 1. The van der Waals surface area contributed by atoms with E-state index in [0.717, 1.165) is 22.3 Å². The molecule has 0 saturated heterocycles. The summed E-state index contributed by atoms with van der Waals surface area (Å²) in [6.45, 7) is 6.42. The number of hydrogen-bond acceptors (Lipinski definition) is 2. The van der Waals surface area contributed by atoms with Crippen LogP contribution in [0, 0.1) is 19.3 Å². The van der Waals surface area contributed by atoms with Crippen LogP contribution in [0.2, 0.25) is 0 Å². The summed E-state index contributed by atoms with van der Waals surface area (Å²) >= 11 is 0. The lowest BCUT2D eigenvalue weighted by Crippen LogP contribution is -2.02. The van der Waals surface area contributed by atoms with Gasteiger partial charge < -0.3 is 9.47 Å². The second kappa shape index (κ2) is 6.78. The molecule has 0 atom stereocenters. The highest BCUT2D eigenvalue weighted by Gasteiger charge is 2.10. The maximum atomic E-state index is 5.60. The van der Waals surface area contributed by atoms with Gasteiger partial charge in [-0.2, -0.15) is 0 Å². The number of terminal acetylenes is 1. The highest BCUT2D eigenvalue weighted by Crippen LogP contribution is 2.31. The van der Waals surface area contributed by atoms with Crippen molar-refractivity contribution in [2.75, 3.05) is 13.9 Å². The van der Waals surface area contributed by atoms with Crippen molar-refractivity contribution in [1.29, 1.82) is 0 Å². The summed E-state index contributed by atoms with van der Waals surface area (Å²) in [5, 5.41) is 0. The first-order valence-corrected chi connectivity index (χ1v) is 6.64. The van der Waals surface area contributed by atoms with Crippen LogP contribution < -0.4 is 4.74 Å². The summed E-state index contributed by atoms with van der Waals surface area (Å²) in [7, 11) is 1.59. The van der Waals surface area contributed by atoms with Gasteiger partial charge in [0, 0.05) is 18.2 Å². The molecule has 2 aromatic carbocycles. The zero-order valence-electron chi connectivity index (χ0n) is 12.3. The molecule has 0 aromatic heterocycles. The first-order chi connectivity index (χ1) is 10.2. The van der Waals surface area contributed by atoms with Crippen LogP contribution in [0.5, 0.6) is 5.75 Å². The average Bonchev–Trinajstić information content (AvgIpc) is 2.53. The van der Waals surface area contributed by atoms with E-state index in [2.05, 4.69) is 31.6 Å². The maximum absolute atomic E-state index is 5.60. The molecule has 0 amide bonds. The fourth-order valence-corrected chi connectivity index (χ4v) is 2.01. The van der Waals surface area contributed by atoms with Crippen molar-refractivity contribution >= 4 is 5.57 Å². The highest BCUT2D eigenvalue weighted by atomic mass is 16.7. The van der Waals surface area contributed by atoms with Crippen LogP contribution >= 0.6 is 0 Å². The van der Waals surface area contributed by atoms with E-state index in [1.807, 2.05) is 30.3 Å². The van der Waals surface area contributed by atoms with E-state index in [1.165, 1.54) is 5.56 Å². The Bertz CT molecular complexity index is 676. The quantitative estimate of drug-likeness (QED) is 0.607. The van der Waals surface area contributed by atoms with Gasteiger partial charge in [-0.3, -0.25) is 0 Å². The predicted octanol–water partition coefficient (Wildman–Crippen LogP) is 4.02. The van der Waals surface area contributed by atoms with Crippen molar-refractivity contribution in [3.05, 3.63) is 71.3 Å². The first-order valence-electron chi connectivity index (χ1n) is 6.64. The van der Waals surface area contributed by atoms with Gasteiger partial charge in [0.15, 0.2) is 6.79 Å². The molecular formula is C19H18O2. The van der Waals surface area contributed by atoms with E-state index in [-0.39, 0.29) is 6.79 Å². The summed E-state index contributed by atoms with van der Waals surface area (Å²) in [4.78, 5) is 0. The Balaban J connectivity index is 2.42. The fraction of sp³-hybridized carbons (Fsp3) is 0.158. The zero-order valence-corrected chi connectivity index (χ0v) is 12.3. The smallest absolute Gasteiger partial charge is 0.188 e. The Kier molecular flexibility index (Phi) is 4.81. The summed E-state index contributed by atoms with van der Waals surface area (Å²) in [5.41, 5.74) is 4.80. The van der Waals surface area contributed by atoms with Crippen molar-refractivity contribution in [3.63, 3.8) is 0 Å². The van der Waals surface area contributed by atoms with Crippen LogP contribution in [0.25, 0.3) is 5.57 Å². The van der Waals surface area contributed by atoms with E-state index < -0.39 is 0 Å². The molecule has 0 N–H and O–H groups in total. The average molecular weight is 278 g/mol. The van der Waals surface area contributed by atoms with Gasteiger partial charge in [-0.05, 0) is 36.3 Å². The zero-order chi connectivity index (χ0) is 15.2. The summed E-state index contributed by atoms with van der Waals surface area (Å²) in [6.07, 6.45) is 5.48. The highest BCUT2D eigenvalue weighted by molar-refractivity contribution is 5.82. The van der Waals surface area contributed by atoms with Crippen molar-refractivity contribution in [2.24, 2.45) is 0 Å². The molecule has 21 heavy (non-hydrogen) atoms. The van der Waals surface area contributed by atoms with E-state index in [9.17, 15) is 0 Å². The van der Waals surface area contributed by atoms with Crippen LogP contribution in [0.15, 0.2) is 49.0 Å². The third-order valence-corrected chi connectivity index (χ3v) is 3.20. The Morgan fingerprint density at radius 1 is 1.19 bits per heavy atom. The second-order valence-corrected chi connectivity index (χ2v) is 4.75. The van der Waals surface area contributed by atoms with Crippen LogP contribution in [0.1, 0.15) is 22.3 Å². The Labute approximate surface area is 126 Å². The molecule has 0 heterocycles. The van der Waals surface area contributed by atoms with Gasteiger partial charge in [0.2, 0.25) is 0 Å². The molecule has 0 saturated carbocycles. The second-order valence-electron chi connectivity index (χ2n) is 4.75. The number of ether oxygens (including phenoxy) is 2. The van der Waals surface area contributed by atoms with E-state index in [1.54, 1.807) is 7.11 Å². The Hall–Kier alpha value is -2.50. The molecule has 0 unspecified atom stereocenters. The molecule has 0 fully saturated rings. The Morgan fingerprint density at radius 2 is 1.90 bits per heavy atom. The molecule has 0 aliphatic carbocycles. The Morgan fingerprint density at radius 3 is 2.52 bits per heavy atom. The number of rotatable bonds is 5. The molecule has 0 aliphatic heterocycles. The molecule has 0 aliphatic rings. The minimum atomic E-state index is 0.184. The lowest BCUT2D eigenvalue weighted by atomic mass is 9.96. The van der Waals surface area contributed by atoms with Gasteiger partial charge >= 0.3 is 0 Å². The van der Waals surface area contributed by atoms with Crippen molar-refractivity contribution in [3.8, 4) is 18.1 Å². The minimum absolute atomic E-state index is 0.184. The van der Waals surface area contributed by atoms with Crippen LogP contribution in [-0.4, -0.2) is 13.9 Å². The van der Waals surface area contributed by atoms with Crippen molar-refractivity contribution in [2.45, 2.75) is 6.92 Å². The third kappa shape index (κ3) is 3.53. The normalized spacial score (nSPS) is 9.95. The number of benzene rings is 2. The summed E-state index contributed by atoms with van der Waals surface area (Å²) in [6, 6.07) is 13.8. The number of hydrogen-bond donors (Lipinski definition) is 0. The van der Waals surface area contributed by atoms with Crippen molar-refractivity contribution < 1.29 is 9.47 Å². The van der Waals surface area contributed by atoms with Gasteiger partial charge in [0.1, 0.15) is 5.75 Å². The molecule has 0 spiro atoms. The van der Waals surface area contributed by atoms with Crippen LogP contribution in [0.3, 0.4) is 0 Å². The minimum Gasteiger partial charge on any atom is -0.467 e. The third-order valence-electron chi connectivity index (χ3n) is 3.20. The lowest BCUT2D eigenvalue weighted by Gasteiger charge is -2.14. The van der Waals surface area contributed by atoms with Gasteiger partial charge in [0.25, 0.3) is 0 Å². The summed E-state index contributed by atoms with van der Waals surface area (Å²) in [5.74, 6) is 3.35. The molecule has 2 nitrogen and oxygen atoms in total. The van der Waals surface area contributed by atoms with Crippen LogP contribution in [0.4, 0.5) is 0 Å². The molecule has 0 radical (unpaired) electrons. The first kappa shape index (κ1) is 14.9. The predicted molar refractivity (Wildman–Crippen MR) is 86.2 cm³/mol. The molecular weight excluding hydrogens is 260 g/mol. The largest absolute Gasteiger partial charge is 0.467 e. The number of aryl methyl sites for hydroxylation is 1. The maximum Gasteiger partial charge on any atom is 0.188 e. The topological polar surface area (TPSA) is 18.5 Å². The summed E-state index contributed by atoms with van der Waals surface area (Å²) < 4.78 is 10.6. The van der Waals surface area contributed by atoms with E-state index >= 15 is 0 Å². The molecule has 2 heteroatoms. The molecule has 2 rings (SSSR count). The van der Waals surface area contributed by atoms with Crippen molar-refractivity contribution in [1.82, 2.24) is 0 Å². The van der Waals surface area contributed by atoms with E-state index in [4.69, 9.17) is 15.9 Å². The molecule has 0 bridgehead atoms. The standard InChI is InChI=1S/C19H18O2/c1-5-16-8-11-19(21-13-20-4)18(12-16)15(3)17-9-6-14(2)7-10-17/h1,6-12H,3,13H2,2,4H3.